The molecule has 0 fully saturated rings. The fourth-order valence-corrected chi connectivity index (χ4v) is 5.55. The third-order valence-electron chi connectivity index (χ3n) is 5.99. The van der Waals surface area contributed by atoms with Gasteiger partial charge in [-0.3, -0.25) is 19.7 Å². The second-order valence-corrected chi connectivity index (χ2v) is 10.4. The Morgan fingerprint density at radius 1 is 1.20 bits per heavy atom. The molecule has 0 radical (unpaired) electrons. The number of hydrogen-bond donors (Lipinski definition) is 0. The predicted molar refractivity (Wildman–Crippen MR) is 137 cm³/mol. The van der Waals surface area contributed by atoms with Crippen LogP contribution in [-0.4, -0.2) is 46.2 Å². The highest BCUT2D eigenvalue weighted by Crippen LogP contribution is 2.38. The average molecular weight is 512 g/mol. The minimum atomic E-state index is -0.617. The molecule has 0 saturated heterocycles. The van der Waals surface area contributed by atoms with Gasteiger partial charge in [0.1, 0.15) is 11.6 Å². The summed E-state index contributed by atoms with van der Waals surface area (Å²) in [7, 11) is 0. The van der Waals surface area contributed by atoms with Gasteiger partial charge in [0.25, 0.3) is 11.6 Å². The molecule has 3 aromatic rings. The Morgan fingerprint density at radius 2 is 1.94 bits per heavy atom. The lowest BCUT2D eigenvalue weighted by atomic mass is 9.93. The fourth-order valence-electron chi connectivity index (χ4n) is 4.46. The van der Waals surface area contributed by atoms with Crippen molar-refractivity contribution in [3.8, 4) is 0 Å². The van der Waals surface area contributed by atoms with E-state index in [0.717, 1.165) is 17.5 Å². The van der Waals surface area contributed by atoms with Crippen LogP contribution in [0.2, 0.25) is 5.02 Å². The van der Waals surface area contributed by atoms with Gasteiger partial charge < -0.3 is 9.80 Å². The molecule has 0 N–H and O–H groups in total. The van der Waals surface area contributed by atoms with E-state index in [-0.39, 0.29) is 40.7 Å². The van der Waals surface area contributed by atoms with Gasteiger partial charge in [-0.25, -0.2) is 0 Å². The number of nitrogens with zero attached hydrogens (tertiary/aromatic N) is 3. The van der Waals surface area contributed by atoms with Crippen molar-refractivity contribution >= 4 is 40.4 Å². The number of fused-ring (bicyclic) bond motifs is 1. The number of nitro groups is 1. The zero-order valence-corrected chi connectivity index (χ0v) is 21.1. The minimum absolute atomic E-state index is 0.0383. The Kier molecular flexibility index (Phi) is 7.52. The molecule has 9 heteroatoms. The van der Waals surface area contributed by atoms with Gasteiger partial charge in [-0.05, 0) is 47.0 Å². The van der Waals surface area contributed by atoms with Crippen molar-refractivity contribution in [2.75, 3.05) is 19.6 Å². The summed E-state index contributed by atoms with van der Waals surface area (Å²) in [5, 5.41) is 13.3. The highest BCUT2D eigenvalue weighted by Gasteiger charge is 2.34. The van der Waals surface area contributed by atoms with Gasteiger partial charge in [0, 0.05) is 29.6 Å². The summed E-state index contributed by atoms with van der Waals surface area (Å²) in [5.74, 6) is -0.492. The highest BCUT2D eigenvalue weighted by atomic mass is 35.5. The summed E-state index contributed by atoms with van der Waals surface area (Å²) in [4.78, 5) is 42.3. The van der Waals surface area contributed by atoms with Crippen molar-refractivity contribution in [3.63, 3.8) is 0 Å². The first-order chi connectivity index (χ1) is 16.8. The molecule has 1 aromatic heterocycles. The van der Waals surface area contributed by atoms with Crippen LogP contribution in [0, 0.1) is 16.0 Å². The summed E-state index contributed by atoms with van der Waals surface area (Å²) in [6.07, 6.45) is 0.767. The summed E-state index contributed by atoms with van der Waals surface area (Å²) >= 11 is 7.62. The third-order valence-corrected chi connectivity index (χ3v) is 7.31. The van der Waals surface area contributed by atoms with Crippen molar-refractivity contribution in [3.05, 3.63) is 96.7 Å². The predicted octanol–water partition coefficient (Wildman–Crippen LogP) is 5.58. The van der Waals surface area contributed by atoms with Gasteiger partial charge in [0.2, 0.25) is 5.91 Å². The van der Waals surface area contributed by atoms with E-state index < -0.39 is 10.8 Å². The second-order valence-electron chi connectivity index (χ2n) is 8.95. The summed E-state index contributed by atoms with van der Waals surface area (Å²) < 4.78 is 0. The Balaban J connectivity index is 1.63. The molecule has 0 bridgehead atoms. The number of hydrogen-bond acceptors (Lipinski definition) is 5. The number of nitro benzene ring substituents is 1. The molecule has 1 aliphatic rings. The van der Waals surface area contributed by atoms with Gasteiger partial charge in [-0.2, -0.15) is 0 Å². The van der Waals surface area contributed by atoms with Crippen molar-refractivity contribution < 1.29 is 14.5 Å². The monoisotopic (exact) mass is 511 g/mol. The van der Waals surface area contributed by atoms with E-state index in [1.165, 1.54) is 28.0 Å². The highest BCUT2D eigenvalue weighted by molar-refractivity contribution is 7.10. The lowest BCUT2D eigenvalue weighted by Crippen LogP contribution is -2.47. The smallest absolute Gasteiger partial charge is 0.288 e. The Hall–Kier alpha value is -3.23. The van der Waals surface area contributed by atoms with Crippen LogP contribution in [0.1, 0.15) is 46.3 Å². The molecule has 7 nitrogen and oxygen atoms in total. The largest absolute Gasteiger partial charge is 0.330 e. The normalized spacial score (nSPS) is 15.1. The molecule has 35 heavy (non-hydrogen) atoms. The summed E-state index contributed by atoms with van der Waals surface area (Å²) in [6, 6.07) is 15.7. The summed E-state index contributed by atoms with van der Waals surface area (Å²) in [6.45, 7) is 4.70. The summed E-state index contributed by atoms with van der Waals surface area (Å²) in [5.41, 5.74) is 1.94. The number of rotatable bonds is 7. The molecule has 2 amide bonds. The number of thiophene rings is 1. The van der Waals surface area contributed by atoms with E-state index in [2.05, 4.69) is 11.4 Å². The molecule has 0 aliphatic carbocycles. The molecule has 0 saturated carbocycles. The number of amides is 2. The van der Waals surface area contributed by atoms with Crippen molar-refractivity contribution in [1.29, 1.82) is 0 Å². The maximum atomic E-state index is 13.7. The fraction of sp³-hybridized carbons (Fsp3) is 0.308. The number of halogens is 1. The van der Waals surface area contributed by atoms with Crippen LogP contribution in [0.15, 0.2) is 60.0 Å². The number of carbonyl (C=O) groups is 2. The Labute approximate surface area is 213 Å². The molecule has 1 unspecified atom stereocenters. The van der Waals surface area contributed by atoms with E-state index in [4.69, 9.17) is 11.6 Å². The van der Waals surface area contributed by atoms with Crippen LogP contribution in [0.25, 0.3) is 0 Å². The first-order valence-corrected chi connectivity index (χ1v) is 12.7. The molecular formula is C26H26ClN3O4S. The van der Waals surface area contributed by atoms with Crippen LogP contribution < -0.4 is 0 Å². The SMILES string of the molecule is CC(C)CN(CC(=O)N1CCc2sccc2C1c1ccccc1)C(=O)c1ccc(Cl)c([N+](=O)[O-])c1. The number of carbonyl (C=O) groups excluding carboxylic acids is 2. The molecule has 2 aromatic carbocycles. The van der Waals surface area contributed by atoms with Crippen LogP contribution >= 0.6 is 22.9 Å². The maximum absolute atomic E-state index is 13.7. The standard InChI is InChI=1S/C26H26ClN3O4S/c1-17(2)15-28(26(32)19-8-9-21(27)22(14-19)30(33)34)16-24(31)29-12-10-23-20(11-13-35-23)25(29)18-6-4-3-5-7-18/h3-9,11,13-14,17,25H,10,12,15-16H2,1-2H3. The topological polar surface area (TPSA) is 83.8 Å². The van der Waals surface area contributed by atoms with E-state index in [9.17, 15) is 19.7 Å². The van der Waals surface area contributed by atoms with E-state index in [1.54, 1.807) is 11.3 Å². The molecule has 1 aliphatic heterocycles. The van der Waals surface area contributed by atoms with Crippen molar-refractivity contribution in [2.45, 2.75) is 26.3 Å². The van der Waals surface area contributed by atoms with E-state index in [0.29, 0.717) is 13.1 Å². The van der Waals surface area contributed by atoms with Crippen molar-refractivity contribution in [2.24, 2.45) is 5.92 Å². The van der Waals surface area contributed by atoms with Gasteiger partial charge >= 0.3 is 0 Å². The van der Waals surface area contributed by atoms with E-state index >= 15 is 0 Å². The van der Waals surface area contributed by atoms with Crippen LogP contribution in [0.3, 0.4) is 0 Å². The van der Waals surface area contributed by atoms with Crippen molar-refractivity contribution in [1.82, 2.24) is 9.80 Å². The quantitative estimate of drug-likeness (QED) is 0.306. The zero-order chi connectivity index (χ0) is 25.1. The van der Waals surface area contributed by atoms with Crippen LogP contribution in [-0.2, 0) is 11.2 Å². The zero-order valence-electron chi connectivity index (χ0n) is 19.5. The van der Waals surface area contributed by atoms with Gasteiger partial charge in [-0.15, -0.1) is 11.3 Å². The maximum Gasteiger partial charge on any atom is 0.288 e. The second kappa shape index (κ2) is 10.6. The Bertz CT molecular complexity index is 1240. The van der Waals surface area contributed by atoms with Gasteiger partial charge in [0.05, 0.1) is 11.0 Å². The molecule has 1 atom stereocenters. The van der Waals surface area contributed by atoms with Gasteiger partial charge in [-0.1, -0.05) is 55.8 Å². The third kappa shape index (κ3) is 5.39. The molecular weight excluding hydrogens is 486 g/mol. The molecule has 182 valence electrons. The lowest BCUT2D eigenvalue weighted by Gasteiger charge is -2.38. The Morgan fingerprint density at radius 3 is 2.63 bits per heavy atom. The van der Waals surface area contributed by atoms with Gasteiger partial charge in [0.15, 0.2) is 0 Å². The molecule has 0 spiro atoms. The minimum Gasteiger partial charge on any atom is -0.330 e. The lowest BCUT2D eigenvalue weighted by molar-refractivity contribution is -0.384. The first kappa shape index (κ1) is 24.9. The average Bonchev–Trinajstić information content (AvgIpc) is 3.32. The van der Waals surface area contributed by atoms with E-state index in [1.807, 2.05) is 49.1 Å². The number of benzene rings is 2. The molecule has 4 rings (SSSR count). The first-order valence-electron chi connectivity index (χ1n) is 11.4. The van der Waals surface area contributed by atoms with Crippen LogP contribution in [0.4, 0.5) is 5.69 Å². The molecule has 2 heterocycles. The van der Waals surface area contributed by atoms with Crippen LogP contribution in [0.5, 0.6) is 0 Å².